The molecule has 0 spiro atoms. The van der Waals surface area contributed by atoms with E-state index >= 15 is 0 Å². The fourth-order valence-corrected chi connectivity index (χ4v) is 3.03. The van der Waals surface area contributed by atoms with E-state index in [0.29, 0.717) is 23.1 Å². The Balaban J connectivity index is 1.62. The third-order valence-electron chi connectivity index (χ3n) is 3.51. The minimum Gasteiger partial charge on any atom is -0.451 e. The van der Waals surface area contributed by atoms with E-state index in [-0.39, 0.29) is 18.1 Å². The molecule has 1 aromatic carbocycles. The number of hydrogen-bond donors (Lipinski definition) is 2. The van der Waals surface area contributed by atoms with Crippen LogP contribution in [0.1, 0.15) is 10.5 Å². The maximum atomic E-state index is 12.4. The number of fused-ring (bicyclic) bond motifs is 1. The Hall–Kier alpha value is -3.20. The highest BCUT2D eigenvalue weighted by Gasteiger charge is 2.27. The molecule has 0 radical (unpaired) electrons. The van der Waals surface area contributed by atoms with E-state index < -0.39 is 18.5 Å². The lowest BCUT2D eigenvalue weighted by molar-refractivity contribution is -0.124. The zero-order valence-corrected chi connectivity index (χ0v) is 14.5. The van der Waals surface area contributed by atoms with Gasteiger partial charge in [-0.2, -0.15) is 0 Å². The summed E-state index contributed by atoms with van der Waals surface area (Å²) in [6.45, 7) is 3.51. The van der Waals surface area contributed by atoms with Crippen molar-refractivity contribution in [2.75, 3.05) is 35.2 Å². The first-order chi connectivity index (χ1) is 12.6. The van der Waals surface area contributed by atoms with E-state index in [1.807, 2.05) is 0 Å². The van der Waals surface area contributed by atoms with Crippen molar-refractivity contribution < 1.29 is 19.1 Å². The molecular weight excluding hydrogens is 356 g/mol. The van der Waals surface area contributed by atoms with Crippen molar-refractivity contribution >= 4 is 45.6 Å². The van der Waals surface area contributed by atoms with Gasteiger partial charge in [-0.15, -0.1) is 17.9 Å². The number of aromatic nitrogens is 1. The molecule has 2 aromatic rings. The molecule has 134 valence electrons. The molecule has 0 aliphatic carbocycles. The lowest BCUT2D eigenvalue weighted by Gasteiger charge is -2.28. The molecule has 9 heteroatoms. The van der Waals surface area contributed by atoms with Crippen LogP contribution in [0.2, 0.25) is 0 Å². The van der Waals surface area contributed by atoms with E-state index in [9.17, 15) is 14.4 Å². The maximum absolute atomic E-state index is 12.4. The first kappa shape index (κ1) is 17.6. The molecule has 0 saturated heterocycles. The van der Waals surface area contributed by atoms with Crippen LogP contribution in [0.5, 0.6) is 0 Å². The zero-order chi connectivity index (χ0) is 18.5. The van der Waals surface area contributed by atoms with Crippen LogP contribution in [0, 0.1) is 0 Å². The number of benzene rings is 1. The van der Waals surface area contributed by atoms with Gasteiger partial charge < -0.3 is 15.4 Å². The summed E-state index contributed by atoms with van der Waals surface area (Å²) in [5.74, 6) is -1.49. The Morgan fingerprint density at radius 3 is 3.04 bits per heavy atom. The fraction of sp³-hybridized carbons (Fsp3) is 0.176. The zero-order valence-electron chi connectivity index (χ0n) is 13.7. The first-order valence-electron chi connectivity index (χ1n) is 7.75. The normalized spacial score (nSPS) is 12.8. The van der Waals surface area contributed by atoms with Crippen LogP contribution in [0.4, 0.5) is 16.5 Å². The van der Waals surface area contributed by atoms with E-state index in [1.54, 1.807) is 35.7 Å². The molecule has 8 nitrogen and oxygen atoms in total. The monoisotopic (exact) mass is 372 g/mol. The summed E-state index contributed by atoms with van der Waals surface area (Å²) in [6, 6.07) is 6.93. The maximum Gasteiger partial charge on any atom is 0.358 e. The molecule has 0 atom stereocenters. The third kappa shape index (κ3) is 3.89. The van der Waals surface area contributed by atoms with Crippen molar-refractivity contribution in [1.29, 1.82) is 0 Å². The number of amides is 2. The first-order valence-corrected chi connectivity index (χ1v) is 8.63. The van der Waals surface area contributed by atoms with Gasteiger partial charge in [-0.1, -0.05) is 18.2 Å². The lowest BCUT2D eigenvalue weighted by Crippen LogP contribution is -2.44. The Kier molecular flexibility index (Phi) is 5.28. The largest absolute Gasteiger partial charge is 0.451 e. The molecular formula is C17H16N4O4S. The predicted octanol–water partition coefficient (Wildman–Crippen LogP) is 1.88. The Labute approximate surface area is 153 Å². The minimum absolute atomic E-state index is 0.117. The molecule has 2 amide bonds. The third-order valence-corrected chi connectivity index (χ3v) is 4.31. The van der Waals surface area contributed by atoms with E-state index in [1.165, 1.54) is 16.2 Å². The molecule has 0 fully saturated rings. The van der Waals surface area contributed by atoms with E-state index in [0.717, 1.165) is 0 Å². The summed E-state index contributed by atoms with van der Waals surface area (Å²) in [5, 5.41) is 7.76. The van der Waals surface area contributed by atoms with Crippen LogP contribution in [0.25, 0.3) is 0 Å². The molecule has 26 heavy (non-hydrogen) atoms. The van der Waals surface area contributed by atoms with Crippen molar-refractivity contribution in [3.05, 3.63) is 48.0 Å². The summed E-state index contributed by atoms with van der Waals surface area (Å²) in [6.07, 6.45) is 1.67. The highest BCUT2D eigenvalue weighted by molar-refractivity contribution is 7.13. The van der Waals surface area contributed by atoms with Gasteiger partial charge in [0.1, 0.15) is 6.54 Å². The van der Waals surface area contributed by atoms with Crippen LogP contribution in [-0.4, -0.2) is 42.5 Å². The number of carbonyl (C=O) groups excluding carboxylic acids is 3. The van der Waals surface area contributed by atoms with Gasteiger partial charge in [0, 0.05) is 11.9 Å². The van der Waals surface area contributed by atoms with E-state index in [4.69, 9.17) is 4.74 Å². The number of nitrogens with zero attached hydrogens (tertiary/aromatic N) is 2. The second-order valence-corrected chi connectivity index (χ2v) is 6.19. The second kappa shape index (κ2) is 7.79. The standard InChI is InChI=1S/C17H16N4O4S/c1-2-7-18-17-20-12(10-26-17)16(24)25-9-15(23)21-8-14(22)19-11-5-3-4-6-13(11)21/h2-6,10H,1,7-9H2,(H,18,20)(H,19,22). The highest BCUT2D eigenvalue weighted by atomic mass is 32.1. The van der Waals surface area contributed by atoms with Crippen molar-refractivity contribution in [3.63, 3.8) is 0 Å². The second-order valence-electron chi connectivity index (χ2n) is 5.33. The molecule has 2 N–H and O–H groups in total. The van der Waals surface area contributed by atoms with Gasteiger partial charge in [-0.05, 0) is 12.1 Å². The number of nitrogens with one attached hydrogen (secondary N) is 2. The molecule has 1 aliphatic heterocycles. The van der Waals surface area contributed by atoms with Gasteiger partial charge in [0.25, 0.3) is 5.91 Å². The average Bonchev–Trinajstić information content (AvgIpc) is 3.12. The van der Waals surface area contributed by atoms with Gasteiger partial charge in [0.05, 0.1) is 11.4 Å². The van der Waals surface area contributed by atoms with Crippen molar-refractivity contribution in [2.24, 2.45) is 0 Å². The molecule has 3 rings (SSSR count). The van der Waals surface area contributed by atoms with Crippen LogP contribution in [0.3, 0.4) is 0 Å². The smallest absolute Gasteiger partial charge is 0.358 e. The number of ether oxygens (including phenoxy) is 1. The quantitative estimate of drug-likeness (QED) is 0.593. The van der Waals surface area contributed by atoms with Crippen molar-refractivity contribution in [3.8, 4) is 0 Å². The molecule has 0 unspecified atom stereocenters. The topological polar surface area (TPSA) is 101 Å². The summed E-state index contributed by atoms with van der Waals surface area (Å²) < 4.78 is 5.05. The highest BCUT2D eigenvalue weighted by Crippen LogP contribution is 2.28. The summed E-state index contributed by atoms with van der Waals surface area (Å²) in [5.41, 5.74) is 1.23. The summed E-state index contributed by atoms with van der Waals surface area (Å²) in [4.78, 5) is 41.6. The summed E-state index contributed by atoms with van der Waals surface area (Å²) >= 11 is 1.25. The van der Waals surface area contributed by atoms with Crippen LogP contribution < -0.4 is 15.5 Å². The van der Waals surface area contributed by atoms with Gasteiger partial charge in [0.15, 0.2) is 17.4 Å². The molecule has 1 aliphatic rings. The van der Waals surface area contributed by atoms with Crippen LogP contribution in [-0.2, 0) is 14.3 Å². The SMILES string of the molecule is C=CCNc1nc(C(=O)OCC(=O)N2CC(=O)Nc3ccccc32)cs1. The Morgan fingerprint density at radius 2 is 2.23 bits per heavy atom. The lowest BCUT2D eigenvalue weighted by atomic mass is 10.2. The molecule has 0 bridgehead atoms. The average molecular weight is 372 g/mol. The number of hydrogen-bond acceptors (Lipinski definition) is 7. The number of carbonyl (C=O) groups is 3. The molecule has 0 saturated carbocycles. The predicted molar refractivity (Wildman–Crippen MR) is 98.5 cm³/mol. The van der Waals surface area contributed by atoms with Gasteiger partial charge in [-0.25, -0.2) is 9.78 Å². The van der Waals surface area contributed by atoms with Gasteiger partial charge >= 0.3 is 5.97 Å². The Morgan fingerprint density at radius 1 is 1.42 bits per heavy atom. The number of rotatable bonds is 6. The molecule has 2 heterocycles. The number of anilines is 3. The van der Waals surface area contributed by atoms with Gasteiger partial charge in [-0.3, -0.25) is 14.5 Å². The Bertz CT molecular complexity index is 864. The van der Waals surface area contributed by atoms with E-state index in [2.05, 4.69) is 22.2 Å². The number of esters is 1. The number of thiazole rings is 1. The van der Waals surface area contributed by atoms with Crippen LogP contribution in [0.15, 0.2) is 42.3 Å². The molecule has 1 aromatic heterocycles. The van der Waals surface area contributed by atoms with Crippen molar-refractivity contribution in [1.82, 2.24) is 4.98 Å². The fourth-order valence-electron chi connectivity index (χ4n) is 2.34. The van der Waals surface area contributed by atoms with Crippen LogP contribution >= 0.6 is 11.3 Å². The van der Waals surface area contributed by atoms with Gasteiger partial charge in [0.2, 0.25) is 5.91 Å². The number of para-hydroxylation sites is 2. The minimum atomic E-state index is -0.698. The summed E-state index contributed by atoms with van der Waals surface area (Å²) in [7, 11) is 0. The van der Waals surface area contributed by atoms with Crippen molar-refractivity contribution in [2.45, 2.75) is 0 Å².